The molecule has 0 saturated carbocycles. The van der Waals surface area contributed by atoms with Gasteiger partial charge in [0.05, 0.1) is 12.0 Å². The SMILES string of the molecule is COc1c(F)cc(C(N)=O)cc1[N+](=O)[O-]. The number of ether oxygens (including phenoxy) is 1. The van der Waals surface area contributed by atoms with Crippen LogP contribution in [0.3, 0.4) is 0 Å². The molecule has 7 heteroatoms. The summed E-state index contributed by atoms with van der Waals surface area (Å²) in [6.07, 6.45) is 0. The highest BCUT2D eigenvalue weighted by molar-refractivity contribution is 5.93. The molecule has 0 saturated heterocycles. The van der Waals surface area contributed by atoms with E-state index in [4.69, 9.17) is 5.73 Å². The van der Waals surface area contributed by atoms with Crippen LogP contribution in [0.4, 0.5) is 10.1 Å². The number of carbonyl (C=O) groups excluding carboxylic acids is 1. The highest BCUT2D eigenvalue weighted by atomic mass is 19.1. The summed E-state index contributed by atoms with van der Waals surface area (Å²) >= 11 is 0. The van der Waals surface area contributed by atoms with E-state index in [1.807, 2.05) is 0 Å². The van der Waals surface area contributed by atoms with Gasteiger partial charge in [0.1, 0.15) is 0 Å². The molecule has 1 rings (SSSR count). The molecule has 1 amide bonds. The van der Waals surface area contributed by atoms with Gasteiger partial charge in [-0.2, -0.15) is 0 Å². The number of methoxy groups -OCH3 is 1. The van der Waals surface area contributed by atoms with Crippen molar-refractivity contribution in [2.24, 2.45) is 5.73 Å². The molecule has 1 aromatic rings. The first-order valence-corrected chi connectivity index (χ1v) is 3.79. The molecular formula is C8H7FN2O4. The lowest BCUT2D eigenvalue weighted by atomic mass is 10.1. The van der Waals surface area contributed by atoms with Gasteiger partial charge in [-0.3, -0.25) is 14.9 Å². The number of nitro benzene ring substituents is 1. The summed E-state index contributed by atoms with van der Waals surface area (Å²) in [4.78, 5) is 20.4. The summed E-state index contributed by atoms with van der Waals surface area (Å²) in [6, 6.07) is 1.65. The first-order chi connectivity index (χ1) is 6.97. The van der Waals surface area contributed by atoms with E-state index in [2.05, 4.69) is 4.74 Å². The number of rotatable bonds is 3. The Balaban J connectivity index is 3.45. The molecule has 0 bridgehead atoms. The van der Waals surface area contributed by atoms with Crippen LogP contribution in [0.25, 0.3) is 0 Å². The molecule has 0 aliphatic carbocycles. The summed E-state index contributed by atoms with van der Waals surface area (Å²) in [5, 5.41) is 10.5. The van der Waals surface area contributed by atoms with E-state index in [9.17, 15) is 19.3 Å². The standard InChI is InChI=1S/C8H7FN2O4/c1-15-7-5(9)2-4(8(10)12)3-6(7)11(13)14/h2-3H,1H3,(H2,10,12). The van der Waals surface area contributed by atoms with Crippen LogP contribution < -0.4 is 10.5 Å². The molecule has 0 fully saturated rings. The Hall–Kier alpha value is -2.18. The fourth-order valence-corrected chi connectivity index (χ4v) is 1.06. The largest absolute Gasteiger partial charge is 0.488 e. The van der Waals surface area contributed by atoms with Crippen molar-refractivity contribution in [3.05, 3.63) is 33.6 Å². The Morgan fingerprint density at radius 2 is 2.20 bits per heavy atom. The Morgan fingerprint density at radius 3 is 2.60 bits per heavy atom. The molecule has 0 aliphatic rings. The van der Waals surface area contributed by atoms with Crippen molar-refractivity contribution in [3.8, 4) is 5.75 Å². The van der Waals surface area contributed by atoms with Gasteiger partial charge in [-0.1, -0.05) is 0 Å². The van der Waals surface area contributed by atoms with E-state index in [0.29, 0.717) is 0 Å². The minimum Gasteiger partial charge on any atom is -0.488 e. The molecule has 0 aromatic heterocycles. The maximum Gasteiger partial charge on any atom is 0.314 e. The topological polar surface area (TPSA) is 95.5 Å². The predicted molar refractivity (Wildman–Crippen MR) is 48.1 cm³/mol. The second-order valence-electron chi connectivity index (χ2n) is 2.63. The van der Waals surface area contributed by atoms with Crippen LogP contribution in [-0.4, -0.2) is 17.9 Å². The van der Waals surface area contributed by atoms with Crippen LogP contribution >= 0.6 is 0 Å². The van der Waals surface area contributed by atoms with E-state index in [0.717, 1.165) is 19.2 Å². The van der Waals surface area contributed by atoms with Crippen LogP contribution in [0.1, 0.15) is 10.4 Å². The van der Waals surface area contributed by atoms with Crippen molar-refractivity contribution < 1.29 is 18.8 Å². The third kappa shape index (κ3) is 2.01. The van der Waals surface area contributed by atoms with E-state index in [1.54, 1.807) is 0 Å². The predicted octanol–water partition coefficient (Wildman–Crippen LogP) is 0.841. The Kier molecular flexibility index (Phi) is 2.84. The van der Waals surface area contributed by atoms with E-state index in [1.165, 1.54) is 0 Å². The number of nitro groups is 1. The fourth-order valence-electron chi connectivity index (χ4n) is 1.06. The number of nitrogens with zero attached hydrogens (tertiary/aromatic N) is 1. The van der Waals surface area contributed by atoms with E-state index >= 15 is 0 Å². The van der Waals surface area contributed by atoms with Gasteiger partial charge in [-0.15, -0.1) is 0 Å². The zero-order valence-electron chi connectivity index (χ0n) is 7.69. The van der Waals surface area contributed by atoms with Crippen molar-refractivity contribution >= 4 is 11.6 Å². The molecule has 0 spiro atoms. The lowest BCUT2D eigenvalue weighted by Crippen LogP contribution is -2.12. The molecule has 1 aromatic carbocycles. The van der Waals surface area contributed by atoms with Gasteiger partial charge in [-0.25, -0.2) is 4.39 Å². The quantitative estimate of drug-likeness (QED) is 0.595. The van der Waals surface area contributed by atoms with Crippen LogP contribution in [0.2, 0.25) is 0 Å². The molecule has 0 atom stereocenters. The minimum atomic E-state index is -1.000. The van der Waals surface area contributed by atoms with Crippen molar-refractivity contribution in [2.75, 3.05) is 7.11 Å². The summed E-state index contributed by atoms with van der Waals surface area (Å²) < 4.78 is 17.7. The third-order valence-corrected chi connectivity index (χ3v) is 1.71. The fraction of sp³-hybridized carbons (Fsp3) is 0.125. The second-order valence-corrected chi connectivity index (χ2v) is 2.63. The van der Waals surface area contributed by atoms with Crippen LogP contribution in [-0.2, 0) is 0 Å². The summed E-state index contributed by atoms with van der Waals surface area (Å²) in [7, 11) is 1.09. The normalized spacial score (nSPS) is 9.73. The first kappa shape index (κ1) is 10.9. The monoisotopic (exact) mass is 214 g/mol. The number of primary amides is 1. The maximum atomic E-state index is 13.2. The molecule has 80 valence electrons. The summed E-state index contributed by atoms with van der Waals surface area (Å²) in [6.45, 7) is 0. The number of hydrogen-bond donors (Lipinski definition) is 1. The molecule has 0 heterocycles. The summed E-state index contributed by atoms with van der Waals surface area (Å²) in [5.41, 5.74) is 3.96. The first-order valence-electron chi connectivity index (χ1n) is 3.79. The number of amides is 1. The van der Waals surface area contributed by atoms with Gasteiger partial charge in [0, 0.05) is 11.6 Å². The number of carbonyl (C=O) groups is 1. The lowest BCUT2D eigenvalue weighted by molar-refractivity contribution is -0.386. The highest BCUT2D eigenvalue weighted by Gasteiger charge is 2.22. The van der Waals surface area contributed by atoms with Gasteiger partial charge in [-0.05, 0) is 6.07 Å². The Bertz CT molecular complexity index is 433. The van der Waals surface area contributed by atoms with Crippen molar-refractivity contribution in [2.45, 2.75) is 0 Å². The van der Waals surface area contributed by atoms with Crippen molar-refractivity contribution in [3.63, 3.8) is 0 Å². The number of halogens is 1. The molecule has 15 heavy (non-hydrogen) atoms. The Labute approximate surface area is 83.6 Å². The van der Waals surface area contributed by atoms with Crippen LogP contribution in [0.15, 0.2) is 12.1 Å². The van der Waals surface area contributed by atoms with Crippen LogP contribution in [0.5, 0.6) is 5.75 Å². The lowest BCUT2D eigenvalue weighted by Gasteiger charge is -2.04. The maximum absolute atomic E-state index is 13.2. The van der Waals surface area contributed by atoms with Crippen molar-refractivity contribution in [1.29, 1.82) is 0 Å². The third-order valence-electron chi connectivity index (χ3n) is 1.71. The molecule has 6 nitrogen and oxygen atoms in total. The average Bonchev–Trinajstić information content (AvgIpc) is 2.16. The number of nitrogens with two attached hydrogens (primary N) is 1. The van der Waals surface area contributed by atoms with E-state index in [-0.39, 0.29) is 5.56 Å². The molecule has 0 aliphatic heterocycles. The molecule has 2 N–H and O–H groups in total. The number of hydrogen-bond acceptors (Lipinski definition) is 4. The van der Waals surface area contributed by atoms with Crippen molar-refractivity contribution in [1.82, 2.24) is 0 Å². The minimum absolute atomic E-state index is 0.278. The van der Waals surface area contributed by atoms with Gasteiger partial charge in [0.25, 0.3) is 0 Å². The molecular weight excluding hydrogens is 207 g/mol. The average molecular weight is 214 g/mol. The van der Waals surface area contributed by atoms with Gasteiger partial charge in [0.15, 0.2) is 5.82 Å². The zero-order chi connectivity index (χ0) is 11.6. The van der Waals surface area contributed by atoms with Crippen LogP contribution in [0, 0.1) is 15.9 Å². The zero-order valence-corrected chi connectivity index (χ0v) is 7.69. The summed E-state index contributed by atoms with van der Waals surface area (Å²) in [5.74, 6) is -2.47. The second kappa shape index (κ2) is 3.91. The smallest absolute Gasteiger partial charge is 0.314 e. The number of benzene rings is 1. The molecule has 0 radical (unpaired) electrons. The van der Waals surface area contributed by atoms with Gasteiger partial charge in [0.2, 0.25) is 11.7 Å². The Morgan fingerprint density at radius 1 is 1.60 bits per heavy atom. The molecule has 0 unspecified atom stereocenters. The van der Waals surface area contributed by atoms with Gasteiger partial charge >= 0.3 is 5.69 Å². The van der Waals surface area contributed by atoms with Gasteiger partial charge < -0.3 is 10.5 Å². The van der Waals surface area contributed by atoms with E-state index < -0.39 is 28.1 Å². The highest BCUT2D eigenvalue weighted by Crippen LogP contribution is 2.30.